The zero-order chi connectivity index (χ0) is 20.1. The molecular formula is C24H36O2. The third kappa shape index (κ3) is 6.74. The monoisotopic (exact) mass is 356 g/mol. The second kappa shape index (κ2) is 8.62. The molecule has 2 N–H and O–H groups in total. The van der Waals surface area contributed by atoms with Crippen molar-refractivity contribution in [3.05, 3.63) is 59.2 Å². The van der Waals surface area contributed by atoms with Crippen molar-refractivity contribution in [3.8, 4) is 11.5 Å². The number of para-hydroxylation sites is 1. The van der Waals surface area contributed by atoms with E-state index in [-0.39, 0.29) is 10.8 Å². The number of phenols is 2. The maximum absolute atomic E-state index is 10.6. The van der Waals surface area contributed by atoms with Crippen LogP contribution in [0.1, 0.15) is 72.1 Å². The summed E-state index contributed by atoms with van der Waals surface area (Å²) in [5.41, 5.74) is 3.41. The maximum Gasteiger partial charge on any atom is 0.123 e. The third-order valence-corrected chi connectivity index (χ3v) is 4.19. The van der Waals surface area contributed by atoms with Crippen LogP contribution in [0.3, 0.4) is 0 Å². The van der Waals surface area contributed by atoms with Crippen molar-refractivity contribution in [2.45, 2.75) is 72.6 Å². The smallest absolute Gasteiger partial charge is 0.123 e. The first-order valence-electron chi connectivity index (χ1n) is 9.43. The lowest BCUT2D eigenvalue weighted by molar-refractivity contribution is 0.422. The molecule has 0 atom stereocenters. The Labute approximate surface area is 159 Å². The Hall–Kier alpha value is -1.96. The molecule has 2 nitrogen and oxygen atoms in total. The van der Waals surface area contributed by atoms with Crippen LogP contribution in [-0.2, 0) is 17.3 Å². The molecule has 0 unspecified atom stereocenters. The lowest BCUT2D eigenvalue weighted by atomic mass is 9.77. The van der Waals surface area contributed by atoms with Crippen LogP contribution in [0.15, 0.2) is 42.5 Å². The van der Waals surface area contributed by atoms with E-state index >= 15 is 0 Å². The highest BCUT2D eigenvalue weighted by Gasteiger charge is 2.26. The van der Waals surface area contributed by atoms with E-state index in [0.29, 0.717) is 17.4 Å². The Balaban J connectivity index is 0.000000401. The van der Waals surface area contributed by atoms with Crippen molar-refractivity contribution in [2.75, 3.05) is 0 Å². The van der Waals surface area contributed by atoms with Gasteiger partial charge in [0.15, 0.2) is 0 Å². The van der Waals surface area contributed by atoms with E-state index in [9.17, 15) is 5.11 Å². The fraction of sp³-hybridized carbons (Fsp3) is 0.500. The minimum absolute atomic E-state index is 0.0307. The highest BCUT2D eigenvalue weighted by Crippen LogP contribution is 2.40. The predicted molar refractivity (Wildman–Crippen MR) is 112 cm³/mol. The van der Waals surface area contributed by atoms with Crippen molar-refractivity contribution >= 4 is 0 Å². The molecule has 0 aliphatic rings. The molecule has 26 heavy (non-hydrogen) atoms. The fourth-order valence-electron chi connectivity index (χ4n) is 2.85. The predicted octanol–water partition coefficient (Wildman–Crippen LogP) is 6.58. The normalized spacial score (nSPS) is 11.9. The van der Waals surface area contributed by atoms with E-state index in [1.54, 1.807) is 24.3 Å². The molecule has 144 valence electrons. The number of aromatic hydroxyl groups is 2. The summed E-state index contributed by atoms with van der Waals surface area (Å²) in [6, 6.07) is 13.1. The highest BCUT2D eigenvalue weighted by molar-refractivity contribution is 5.50. The number of hydrogen-bond donors (Lipinski definition) is 2. The Morgan fingerprint density at radius 1 is 0.769 bits per heavy atom. The number of benzene rings is 2. The third-order valence-electron chi connectivity index (χ3n) is 4.19. The van der Waals surface area contributed by atoms with Gasteiger partial charge in [-0.1, -0.05) is 85.7 Å². The van der Waals surface area contributed by atoms with E-state index in [2.05, 4.69) is 67.5 Å². The molecule has 0 fully saturated rings. The van der Waals surface area contributed by atoms with Crippen LogP contribution in [0.2, 0.25) is 0 Å². The number of rotatable bonds is 2. The molecule has 0 aliphatic carbocycles. The van der Waals surface area contributed by atoms with Crippen LogP contribution in [0.4, 0.5) is 0 Å². The summed E-state index contributed by atoms with van der Waals surface area (Å²) in [4.78, 5) is 0. The van der Waals surface area contributed by atoms with Gasteiger partial charge in [-0.2, -0.15) is 0 Å². The lowest BCUT2D eigenvalue weighted by Crippen LogP contribution is -2.18. The molecule has 0 radical (unpaired) electrons. The molecule has 0 saturated heterocycles. The average Bonchev–Trinajstić information content (AvgIpc) is 2.47. The summed E-state index contributed by atoms with van der Waals surface area (Å²) in [6.45, 7) is 17.4. The summed E-state index contributed by atoms with van der Waals surface area (Å²) in [5, 5.41) is 19.3. The first kappa shape index (κ1) is 22.1. The van der Waals surface area contributed by atoms with Crippen LogP contribution in [0.25, 0.3) is 0 Å². The quantitative estimate of drug-likeness (QED) is 0.638. The second-order valence-corrected chi connectivity index (χ2v) is 9.47. The van der Waals surface area contributed by atoms with E-state index < -0.39 is 0 Å². The fourth-order valence-corrected chi connectivity index (χ4v) is 2.85. The van der Waals surface area contributed by atoms with Gasteiger partial charge < -0.3 is 10.2 Å². The van der Waals surface area contributed by atoms with Crippen LogP contribution in [0, 0.1) is 5.92 Å². The number of hydrogen-bond acceptors (Lipinski definition) is 2. The van der Waals surface area contributed by atoms with Crippen molar-refractivity contribution in [1.82, 2.24) is 0 Å². The summed E-state index contributed by atoms with van der Waals surface area (Å²) >= 11 is 0. The highest BCUT2D eigenvalue weighted by atomic mass is 16.3. The zero-order valence-corrected chi connectivity index (χ0v) is 17.7. The van der Waals surface area contributed by atoms with Crippen molar-refractivity contribution in [3.63, 3.8) is 0 Å². The van der Waals surface area contributed by atoms with Crippen LogP contribution < -0.4 is 0 Å². The first-order valence-corrected chi connectivity index (χ1v) is 9.43. The van der Waals surface area contributed by atoms with E-state index in [1.165, 1.54) is 5.56 Å². The minimum atomic E-state index is -0.0307. The topological polar surface area (TPSA) is 40.5 Å². The molecule has 0 aliphatic heterocycles. The summed E-state index contributed by atoms with van der Waals surface area (Å²) in [7, 11) is 0. The SMILES string of the molecule is CC(C)Cc1cc(C(C)(C)C)c(O)c(C(C)(C)C)c1.Oc1ccccc1. The Kier molecular flexibility index (Phi) is 7.32. The minimum Gasteiger partial charge on any atom is -0.508 e. The summed E-state index contributed by atoms with van der Waals surface area (Å²) in [5.74, 6) is 1.43. The van der Waals surface area contributed by atoms with Crippen molar-refractivity contribution < 1.29 is 10.2 Å². The molecule has 2 aromatic rings. The molecule has 2 rings (SSSR count). The largest absolute Gasteiger partial charge is 0.508 e. The van der Waals surface area contributed by atoms with E-state index in [0.717, 1.165) is 17.5 Å². The van der Waals surface area contributed by atoms with E-state index in [4.69, 9.17) is 5.11 Å². The molecule has 0 spiro atoms. The molecule has 2 heteroatoms. The van der Waals surface area contributed by atoms with Crippen LogP contribution in [0.5, 0.6) is 11.5 Å². The van der Waals surface area contributed by atoms with Gasteiger partial charge in [-0.3, -0.25) is 0 Å². The Morgan fingerprint density at radius 3 is 1.46 bits per heavy atom. The molecular weight excluding hydrogens is 320 g/mol. The Bertz CT molecular complexity index is 651. The first-order chi connectivity index (χ1) is 11.8. The van der Waals surface area contributed by atoms with Gasteiger partial charge in [-0.05, 0) is 52.0 Å². The molecule has 0 amide bonds. The average molecular weight is 357 g/mol. The van der Waals surface area contributed by atoms with Crippen LogP contribution >= 0.6 is 0 Å². The number of phenolic OH excluding ortho intramolecular Hbond substituents is 2. The van der Waals surface area contributed by atoms with Gasteiger partial charge in [0.25, 0.3) is 0 Å². The van der Waals surface area contributed by atoms with Gasteiger partial charge in [0, 0.05) is 0 Å². The standard InChI is InChI=1S/C18H30O.C6H6O/c1-12(2)9-13-10-14(17(3,4)5)16(19)15(11-13)18(6,7)8;7-6-4-2-1-3-5-6/h10-12,19H,9H2,1-8H3;1-5,7H. The molecule has 0 bridgehead atoms. The van der Waals surface area contributed by atoms with Crippen LogP contribution in [-0.4, -0.2) is 10.2 Å². The Morgan fingerprint density at radius 2 is 1.19 bits per heavy atom. The molecule has 0 aromatic heterocycles. The summed E-state index contributed by atoms with van der Waals surface area (Å²) < 4.78 is 0. The van der Waals surface area contributed by atoms with E-state index in [1.807, 2.05) is 6.07 Å². The molecule has 0 heterocycles. The zero-order valence-electron chi connectivity index (χ0n) is 17.7. The van der Waals surface area contributed by atoms with Gasteiger partial charge >= 0.3 is 0 Å². The molecule has 2 aromatic carbocycles. The van der Waals surface area contributed by atoms with Gasteiger partial charge in [-0.25, -0.2) is 0 Å². The van der Waals surface area contributed by atoms with Gasteiger partial charge in [0.2, 0.25) is 0 Å². The van der Waals surface area contributed by atoms with Gasteiger partial charge in [-0.15, -0.1) is 0 Å². The maximum atomic E-state index is 10.6. The summed E-state index contributed by atoms with van der Waals surface area (Å²) in [6.07, 6.45) is 1.06. The lowest BCUT2D eigenvalue weighted by Gasteiger charge is -2.28. The van der Waals surface area contributed by atoms with Gasteiger partial charge in [0.1, 0.15) is 11.5 Å². The van der Waals surface area contributed by atoms with Crippen molar-refractivity contribution in [1.29, 1.82) is 0 Å². The van der Waals surface area contributed by atoms with Gasteiger partial charge in [0.05, 0.1) is 0 Å². The van der Waals surface area contributed by atoms with Crippen molar-refractivity contribution in [2.24, 2.45) is 5.92 Å². The second-order valence-electron chi connectivity index (χ2n) is 9.47. The molecule has 0 saturated carbocycles.